The normalized spacial score (nSPS) is 19.0. The summed E-state index contributed by atoms with van der Waals surface area (Å²) >= 11 is 6.73. The highest BCUT2D eigenvalue weighted by molar-refractivity contribution is 6.32. The maximum absolute atomic E-state index is 12.7. The second-order valence-corrected chi connectivity index (χ2v) is 13.3. The van der Waals surface area contributed by atoms with Crippen LogP contribution >= 0.6 is 11.6 Å². The largest absolute Gasteiger partial charge is 0.489 e. The number of hydrogen-bond acceptors (Lipinski definition) is 8. The third kappa shape index (κ3) is 10.2. The van der Waals surface area contributed by atoms with Gasteiger partial charge in [0.05, 0.1) is 18.0 Å². The van der Waals surface area contributed by atoms with Crippen LogP contribution in [0, 0.1) is 18.8 Å². The van der Waals surface area contributed by atoms with Crippen LogP contribution in [0.25, 0.3) is 0 Å². The standard InChI is InChI=1S/C34H52ClN7O3/c1-6-10-37-31(43)16-24-15-25(17-32(44)38-11-7-2)21-42(20-24)33-28(35)19-39-34(41-33)40-29-14-23(5)27(18-30(29)45-22(3)4)26-8-12-36-13-9-26/h14,18-19,22,24-26,36H,6-13,15-17,20-21H2,1-5H3,(H,37,43)(H,38,44)(H,39,40,41)/t24-,25+. The molecule has 2 aromatic rings. The Morgan fingerprint density at radius 3 is 2.24 bits per heavy atom. The number of carbonyl (C=O) groups excluding carboxylic acids is 2. The number of carbonyl (C=O) groups is 2. The molecule has 0 saturated carbocycles. The van der Waals surface area contributed by atoms with Gasteiger partial charge in [-0.15, -0.1) is 0 Å². The maximum atomic E-state index is 12.7. The maximum Gasteiger partial charge on any atom is 0.229 e. The Balaban J connectivity index is 1.58. The van der Waals surface area contributed by atoms with Gasteiger partial charge in [0.25, 0.3) is 0 Å². The van der Waals surface area contributed by atoms with Crippen LogP contribution in [0.4, 0.5) is 17.5 Å². The number of rotatable bonds is 14. The van der Waals surface area contributed by atoms with E-state index in [2.05, 4.69) is 50.2 Å². The molecule has 10 nitrogen and oxygen atoms in total. The second kappa shape index (κ2) is 17.0. The second-order valence-electron chi connectivity index (χ2n) is 12.9. The van der Waals surface area contributed by atoms with E-state index in [1.165, 1.54) is 11.1 Å². The smallest absolute Gasteiger partial charge is 0.229 e. The Morgan fingerprint density at radius 2 is 1.67 bits per heavy atom. The molecule has 2 saturated heterocycles. The molecule has 11 heteroatoms. The molecular weight excluding hydrogens is 590 g/mol. The lowest BCUT2D eigenvalue weighted by Crippen LogP contribution is -2.44. The molecule has 248 valence electrons. The van der Waals surface area contributed by atoms with Crippen LogP contribution in [0.2, 0.25) is 5.02 Å². The molecule has 45 heavy (non-hydrogen) atoms. The van der Waals surface area contributed by atoms with Gasteiger partial charge in [0.2, 0.25) is 17.8 Å². The summed E-state index contributed by atoms with van der Waals surface area (Å²) in [4.78, 5) is 36.9. The highest BCUT2D eigenvalue weighted by atomic mass is 35.5. The Morgan fingerprint density at radius 1 is 1.04 bits per heavy atom. The zero-order valence-electron chi connectivity index (χ0n) is 27.7. The number of benzene rings is 1. The highest BCUT2D eigenvalue weighted by Gasteiger charge is 2.32. The molecule has 1 aromatic carbocycles. The van der Waals surface area contributed by atoms with Crippen molar-refractivity contribution in [2.75, 3.05) is 49.5 Å². The number of anilines is 3. The molecule has 0 spiro atoms. The predicted octanol–water partition coefficient (Wildman–Crippen LogP) is 5.71. The summed E-state index contributed by atoms with van der Waals surface area (Å²) in [6.07, 6.45) is 7.20. The van der Waals surface area contributed by atoms with Gasteiger partial charge in [0.1, 0.15) is 10.8 Å². The highest BCUT2D eigenvalue weighted by Crippen LogP contribution is 2.38. The SMILES string of the molecule is CCCNC(=O)C[C@@H]1C[C@H](CC(=O)NCCC)CN(c2nc(Nc3cc(C)c(C4CCNCC4)cc3OC(C)C)ncc2Cl)C1. The fourth-order valence-electron chi connectivity index (χ4n) is 6.47. The molecule has 0 unspecified atom stereocenters. The summed E-state index contributed by atoms with van der Waals surface area (Å²) in [5.74, 6) is 2.50. The number of aromatic nitrogens is 2. The van der Waals surface area contributed by atoms with E-state index in [9.17, 15) is 9.59 Å². The number of aryl methyl sites for hydroxylation is 1. The lowest BCUT2D eigenvalue weighted by molar-refractivity contribution is -0.122. The van der Waals surface area contributed by atoms with Crippen LogP contribution in [0.5, 0.6) is 5.75 Å². The zero-order valence-corrected chi connectivity index (χ0v) is 28.4. The van der Waals surface area contributed by atoms with Gasteiger partial charge >= 0.3 is 0 Å². The van der Waals surface area contributed by atoms with Crippen LogP contribution < -0.4 is 30.9 Å². The first-order chi connectivity index (χ1) is 21.7. The van der Waals surface area contributed by atoms with Gasteiger partial charge in [-0.3, -0.25) is 9.59 Å². The first-order valence-electron chi connectivity index (χ1n) is 16.8. The van der Waals surface area contributed by atoms with Crippen LogP contribution in [0.1, 0.15) is 89.7 Å². The molecule has 2 aliphatic heterocycles. The molecule has 1 aromatic heterocycles. The van der Waals surface area contributed by atoms with Gasteiger partial charge in [0, 0.05) is 39.0 Å². The van der Waals surface area contributed by atoms with Crippen molar-refractivity contribution in [2.24, 2.45) is 11.8 Å². The van der Waals surface area contributed by atoms with Crippen molar-refractivity contribution in [3.8, 4) is 5.75 Å². The molecule has 2 atom stereocenters. The predicted molar refractivity (Wildman–Crippen MR) is 182 cm³/mol. The summed E-state index contributed by atoms with van der Waals surface area (Å²) in [6, 6.07) is 4.31. The number of amides is 2. The fraction of sp³-hybridized carbons (Fsp3) is 0.647. The van der Waals surface area contributed by atoms with E-state index in [0.717, 1.165) is 56.6 Å². The van der Waals surface area contributed by atoms with E-state index in [4.69, 9.17) is 21.3 Å². The van der Waals surface area contributed by atoms with E-state index >= 15 is 0 Å². The lowest BCUT2D eigenvalue weighted by atomic mass is 9.85. The van der Waals surface area contributed by atoms with Crippen molar-refractivity contribution >= 4 is 40.9 Å². The van der Waals surface area contributed by atoms with Crippen molar-refractivity contribution in [3.63, 3.8) is 0 Å². The molecule has 0 bridgehead atoms. The van der Waals surface area contributed by atoms with Crippen molar-refractivity contribution in [1.29, 1.82) is 0 Å². The summed E-state index contributed by atoms with van der Waals surface area (Å²) in [6.45, 7) is 14.9. The Kier molecular flexibility index (Phi) is 13.1. The van der Waals surface area contributed by atoms with Crippen LogP contribution in [0.3, 0.4) is 0 Å². The fourth-order valence-corrected chi connectivity index (χ4v) is 6.68. The minimum absolute atomic E-state index is 0.00194. The molecule has 0 radical (unpaired) electrons. The first kappa shape index (κ1) is 34.8. The summed E-state index contributed by atoms with van der Waals surface area (Å²) < 4.78 is 6.29. The molecule has 0 aliphatic carbocycles. The van der Waals surface area contributed by atoms with Gasteiger partial charge in [-0.1, -0.05) is 25.4 Å². The topological polar surface area (TPSA) is 121 Å². The average molecular weight is 642 g/mol. The third-order valence-corrected chi connectivity index (χ3v) is 8.76. The summed E-state index contributed by atoms with van der Waals surface area (Å²) in [7, 11) is 0. The molecule has 2 fully saturated rings. The molecule has 2 aliphatic rings. The van der Waals surface area contributed by atoms with Crippen molar-refractivity contribution in [2.45, 2.75) is 91.6 Å². The minimum atomic E-state index is 0.00194. The van der Waals surface area contributed by atoms with E-state index in [1.54, 1.807) is 6.20 Å². The number of hydrogen-bond donors (Lipinski definition) is 4. The average Bonchev–Trinajstić information content (AvgIpc) is 3.01. The quantitative estimate of drug-likeness (QED) is 0.207. The number of nitrogens with one attached hydrogen (secondary N) is 4. The van der Waals surface area contributed by atoms with Crippen molar-refractivity contribution in [1.82, 2.24) is 25.9 Å². The molecule has 4 rings (SSSR count). The minimum Gasteiger partial charge on any atom is -0.489 e. The van der Waals surface area contributed by atoms with E-state index in [0.29, 0.717) is 61.7 Å². The molecule has 3 heterocycles. The van der Waals surface area contributed by atoms with Gasteiger partial charge < -0.3 is 30.9 Å². The third-order valence-electron chi connectivity index (χ3n) is 8.50. The number of piperidine rings is 2. The van der Waals surface area contributed by atoms with E-state index in [1.807, 2.05) is 27.7 Å². The lowest BCUT2D eigenvalue weighted by Gasteiger charge is -2.38. The van der Waals surface area contributed by atoms with Crippen molar-refractivity contribution in [3.05, 3.63) is 34.5 Å². The van der Waals surface area contributed by atoms with Crippen LogP contribution in [0.15, 0.2) is 18.3 Å². The van der Waals surface area contributed by atoms with Crippen molar-refractivity contribution < 1.29 is 14.3 Å². The number of nitrogens with zero attached hydrogens (tertiary/aromatic N) is 3. The number of halogens is 1. The van der Waals surface area contributed by atoms with Crippen LogP contribution in [-0.2, 0) is 9.59 Å². The molecular formula is C34H52ClN7O3. The summed E-state index contributed by atoms with van der Waals surface area (Å²) in [5.41, 5.74) is 3.34. The Bertz CT molecular complexity index is 1250. The first-order valence-corrected chi connectivity index (χ1v) is 17.1. The number of ether oxygens (including phenoxy) is 1. The van der Waals surface area contributed by atoms with Gasteiger partial charge in [-0.25, -0.2) is 4.98 Å². The van der Waals surface area contributed by atoms with E-state index in [-0.39, 0.29) is 29.8 Å². The van der Waals surface area contributed by atoms with Gasteiger partial charge in [-0.05, 0) is 107 Å². The molecule has 4 N–H and O–H groups in total. The Hall–Kier alpha value is -3.11. The Labute approximate surface area is 273 Å². The summed E-state index contributed by atoms with van der Waals surface area (Å²) in [5, 5.41) is 13.3. The zero-order chi connectivity index (χ0) is 32.3. The van der Waals surface area contributed by atoms with E-state index < -0.39 is 0 Å². The monoisotopic (exact) mass is 641 g/mol. The van der Waals surface area contributed by atoms with Gasteiger partial charge in [-0.2, -0.15) is 4.98 Å². The molecule has 2 amide bonds. The van der Waals surface area contributed by atoms with Gasteiger partial charge in [0.15, 0.2) is 5.82 Å². The van der Waals surface area contributed by atoms with Crippen LogP contribution in [-0.4, -0.2) is 67.2 Å².